The zero-order valence-corrected chi connectivity index (χ0v) is 18.5. The minimum absolute atomic E-state index is 0.553. The van der Waals surface area contributed by atoms with Crippen LogP contribution < -0.4 is 9.06 Å². The summed E-state index contributed by atoms with van der Waals surface area (Å²) in [6, 6.07) is 16.8. The first kappa shape index (κ1) is 23.0. The van der Waals surface area contributed by atoms with Crippen molar-refractivity contribution in [1.29, 1.82) is 0 Å². The third-order valence-corrected chi connectivity index (χ3v) is 6.39. The zero-order valence-electron chi connectivity index (χ0n) is 17.7. The Balaban J connectivity index is 1.69. The number of nitrogens with zero attached hydrogens (tertiary/aromatic N) is 2. The first-order valence-electron chi connectivity index (χ1n) is 10.3. The smallest absolute Gasteiger partial charge is 0.243 e. The van der Waals surface area contributed by atoms with Crippen LogP contribution in [0.3, 0.4) is 0 Å². The van der Waals surface area contributed by atoms with Crippen LogP contribution in [0.1, 0.15) is 22.3 Å². The Kier molecular flexibility index (Phi) is 5.59. The number of rotatable bonds is 2. The van der Waals surface area contributed by atoms with E-state index in [-0.39, 0.29) is 0 Å². The Morgan fingerprint density at radius 3 is 1.26 bits per heavy atom. The molecule has 176 valence electrons. The Bertz CT molecular complexity index is 1530. The maximum absolute atomic E-state index is 12.9. The molecule has 0 unspecified atom stereocenters. The van der Waals surface area contributed by atoms with Crippen LogP contribution in [0.4, 0.5) is 26.3 Å². The molecular weight excluding hydrogens is 486 g/mol. The summed E-state index contributed by atoms with van der Waals surface area (Å²) in [4.78, 5) is 9.41. The summed E-state index contributed by atoms with van der Waals surface area (Å²) < 4.78 is 78.8. The molecule has 0 amide bonds. The maximum Gasteiger partial charge on any atom is 0.416 e. The van der Waals surface area contributed by atoms with Gasteiger partial charge in [0.25, 0.3) is 0 Å². The second-order valence-electron chi connectivity index (χ2n) is 7.77. The molecule has 0 saturated heterocycles. The first-order chi connectivity index (χ1) is 16.6. The molecule has 2 nitrogen and oxygen atoms in total. The zero-order chi connectivity index (χ0) is 24.8. The van der Waals surface area contributed by atoms with Crippen LogP contribution in [0, 0.1) is 0 Å². The van der Waals surface area contributed by atoms with E-state index in [4.69, 9.17) is 9.97 Å². The van der Waals surface area contributed by atoms with Crippen molar-refractivity contribution in [3.63, 3.8) is 0 Å². The highest BCUT2D eigenvalue weighted by Gasteiger charge is 2.30. The Labute approximate surface area is 198 Å². The predicted octanol–water partition coefficient (Wildman–Crippen LogP) is 6.54. The molecule has 0 fully saturated rings. The molecule has 0 atom stereocenters. The second kappa shape index (κ2) is 8.49. The molecule has 5 aromatic rings. The minimum atomic E-state index is -4.43. The van der Waals surface area contributed by atoms with Gasteiger partial charge in [-0.15, -0.1) is 11.3 Å². The average Bonchev–Trinajstić information content (AvgIpc) is 3.13. The number of benzene rings is 3. The van der Waals surface area contributed by atoms with Gasteiger partial charge in [0.15, 0.2) is 0 Å². The molecule has 0 aliphatic carbocycles. The number of aromatic nitrogens is 2. The van der Waals surface area contributed by atoms with Crippen molar-refractivity contribution >= 4 is 45.6 Å². The van der Waals surface area contributed by atoms with Crippen molar-refractivity contribution in [3.8, 4) is 0 Å². The van der Waals surface area contributed by atoms with Crippen LogP contribution in [-0.4, -0.2) is 9.97 Å². The van der Waals surface area contributed by atoms with Crippen LogP contribution in [-0.2, 0) is 12.4 Å². The molecule has 0 bridgehead atoms. The SMILES string of the molecule is FC(F)(F)c1ccc(/C=c2\s/c(=C/c3ccc(C(F)(F)F)cc3)c3nc4ccccc4nc23)cc1. The number of fused-ring (bicyclic) bond motifs is 2. The summed E-state index contributed by atoms with van der Waals surface area (Å²) in [5.41, 5.74) is 2.05. The minimum Gasteiger partial charge on any atom is -0.243 e. The standard InChI is InChI=1S/C26H14F6N2S/c27-25(28,29)17-9-5-15(6-10-17)13-21-23-24(34-20-4-2-1-3-19(20)33-23)22(35-21)14-16-7-11-18(12-8-16)26(30,31)32/h1-14H/b21-13-,22-14+. The average molecular weight is 500 g/mol. The quantitative estimate of drug-likeness (QED) is 0.257. The predicted molar refractivity (Wildman–Crippen MR) is 124 cm³/mol. The summed E-state index contributed by atoms with van der Waals surface area (Å²) in [6.45, 7) is 0. The second-order valence-corrected chi connectivity index (χ2v) is 8.85. The molecule has 0 radical (unpaired) electrons. The molecule has 0 saturated carbocycles. The number of para-hydroxylation sites is 2. The van der Waals surface area contributed by atoms with Gasteiger partial charge in [0.2, 0.25) is 0 Å². The summed E-state index contributed by atoms with van der Waals surface area (Å²) in [7, 11) is 0. The highest BCUT2D eigenvalue weighted by molar-refractivity contribution is 7.09. The van der Waals surface area contributed by atoms with E-state index in [9.17, 15) is 26.3 Å². The summed E-state index contributed by atoms with van der Waals surface area (Å²) in [6.07, 6.45) is -5.41. The molecule has 0 aliphatic heterocycles. The van der Waals surface area contributed by atoms with Crippen LogP contribution in [0.5, 0.6) is 0 Å². The maximum atomic E-state index is 12.9. The summed E-state index contributed by atoms with van der Waals surface area (Å²) in [5, 5.41) is 0. The van der Waals surface area contributed by atoms with Gasteiger partial charge in [-0.1, -0.05) is 36.4 Å². The largest absolute Gasteiger partial charge is 0.416 e. The number of hydrogen-bond acceptors (Lipinski definition) is 3. The Morgan fingerprint density at radius 1 is 0.543 bits per heavy atom. The van der Waals surface area contributed by atoms with Crippen LogP contribution in [0.15, 0.2) is 72.8 Å². The summed E-state index contributed by atoms with van der Waals surface area (Å²) >= 11 is 1.31. The molecule has 9 heteroatoms. The van der Waals surface area contributed by atoms with Crippen molar-refractivity contribution in [2.75, 3.05) is 0 Å². The van der Waals surface area contributed by atoms with Crippen LogP contribution in [0.2, 0.25) is 0 Å². The van der Waals surface area contributed by atoms with E-state index in [0.717, 1.165) is 24.3 Å². The number of thiophene rings is 1. The fourth-order valence-electron chi connectivity index (χ4n) is 3.59. The van der Waals surface area contributed by atoms with Gasteiger partial charge in [0.1, 0.15) is 11.0 Å². The van der Waals surface area contributed by atoms with Gasteiger partial charge in [-0.2, -0.15) is 26.3 Å². The lowest BCUT2D eigenvalue weighted by molar-refractivity contribution is -0.138. The lowest BCUT2D eigenvalue weighted by Crippen LogP contribution is -2.04. The summed E-state index contributed by atoms with van der Waals surface area (Å²) in [5.74, 6) is 0. The molecule has 0 aliphatic rings. The fourth-order valence-corrected chi connectivity index (χ4v) is 4.70. The molecular formula is C26H14F6N2S. The Hall–Kier alpha value is -3.72. The highest BCUT2D eigenvalue weighted by atomic mass is 32.1. The van der Waals surface area contributed by atoms with E-state index >= 15 is 0 Å². The van der Waals surface area contributed by atoms with Crippen molar-refractivity contribution in [3.05, 3.63) is 104 Å². The van der Waals surface area contributed by atoms with E-state index < -0.39 is 23.5 Å². The van der Waals surface area contributed by atoms with E-state index in [1.807, 2.05) is 12.1 Å². The van der Waals surface area contributed by atoms with Gasteiger partial charge in [0.05, 0.1) is 31.2 Å². The van der Waals surface area contributed by atoms with Gasteiger partial charge < -0.3 is 0 Å². The third-order valence-electron chi connectivity index (χ3n) is 5.33. The lowest BCUT2D eigenvalue weighted by Gasteiger charge is -2.05. The molecule has 2 heterocycles. The van der Waals surface area contributed by atoms with E-state index in [1.54, 1.807) is 24.3 Å². The van der Waals surface area contributed by atoms with Gasteiger partial charge in [-0.25, -0.2) is 9.97 Å². The van der Waals surface area contributed by atoms with Crippen molar-refractivity contribution in [1.82, 2.24) is 9.97 Å². The van der Waals surface area contributed by atoms with E-state index in [1.165, 1.54) is 35.6 Å². The highest BCUT2D eigenvalue weighted by Crippen LogP contribution is 2.30. The van der Waals surface area contributed by atoms with E-state index in [2.05, 4.69) is 0 Å². The molecule has 3 aromatic carbocycles. The van der Waals surface area contributed by atoms with Gasteiger partial charge >= 0.3 is 12.4 Å². The van der Waals surface area contributed by atoms with Crippen molar-refractivity contribution < 1.29 is 26.3 Å². The monoisotopic (exact) mass is 500 g/mol. The molecule has 5 rings (SSSR count). The molecule has 2 aromatic heterocycles. The fraction of sp³-hybridized carbons (Fsp3) is 0.0769. The Morgan fingerprint density at radius 2 is 0.914 bits per heavy atom. The van der Waals surface area contributed by atoms with Gasteiger partial charge in [0, 0.05) is 0 Å². The molecule has 0 spiro atoms. The van der Waals surface area contributed by atoms with Crippen molar-refractivity contribution in [2.45, 2.75) is 12.4 Å². The van der Waals surface area contributed by atoms with Crippen LogP contribution >= 0.6 is 11.3 Å². The number of halogens is 6. The van der Waals surface area contributed by atoms with Gasteiger partial charge in [-0.3, -0.25) is 0 Å². The molecule has 0 N–H and O–H groups in total. The number of hydrogen-bond donors (Lipinski definition) is 0. The van der Waals surface area contributed by atoms with Gasteiger partial charge in [-0.05, 0) is 59.7 Å². The van der Waals surface area contributed by atoms with Crippen LogP contribution in [0.25, 0.3) is 34.2 Å². The third kappa shape index (κ3) is 4.77. The van der Waals surface area contributed by atoms with Crippen molar-refractivity contribution in [2.24, 2.45) is 0 Å². The molecule has 35 heavy (non-hydrogen) atoms. The normalized spacial score (nSPS) is 13.8. The topological polar surface area (TPSA) is 25.8 Å². The van der Waals surface area contributed by atoms with E-state index in [0.29, 0.717) is 42.3 Å². The number of alkyl halides is 6. The first-order valence-corrected chi connectivity index (χ1v) is 11.1. The lowest BCUT2D eigenvalue weighted by atomic mass is 10.1.